The average Bonchev–Trinajstić information content (AvgIpc) is 2.35. The molecule has 0 unspecified atom stereocenters. The molecule has 0 bridgehead atoms. The molecule has 0 aliphatic heterocycles. The Labute approximate surface area is 112 Å². The van der Waals surface area contributed by atoms with Gasteiger partial charge in [0.1, 0.15) is 0 Å². The molecule has 1 rings (SSSR count). The third-order valence-electron chi connectivity index (χ3n) is 2.45. The summed E-state index contributed by atoms with van der Waals surface area (Å²) in [6, 6.07) is 4.20. The highest BCUT2D eigenvalue weighted by atomic mass is 35.5. The highest BCUT2D eigenvalue weighted by Gasteiger charge is 2.22. The quantitative estimate of drug-likeness (QED) is 0.835. The van der Waals surface area contributed by atoms with Crippen LogP contribution >= 0.6 is 11.6 Å². The van der Waals surface area contributed by atoms with Crippen LogP contribution in [0.25, 0.3) is 0 Å². The highest BCUT2D eigenvalue weighted by molar-refractivity contribution is 7.89. The van der Waals surface area contributed by atoms with Crippen molar-refractivity contribution in [2.45, 2.75) is 18.4 Å². The van der Waals surface area contributed by atoms with Crippen molar-refractivity contribution in [3.05, 3.63) is 28.8 Å². The zero-order valence-electron chi connectivity index (χ0n) is 9.93. The second-order valence-corrected chi connectivity index (χ2v) is 5.89. The second-order valence-electron chi connectivity index (χ2n) is 3.55. The van der Waals surface area contributed by atoms with Crippen molar-refractivity contribution in [2.24, 2.45) is 0 Å². The minimum atomic E-state index is -3.64. The van der Waals surface area contributed by atoms with Crippen LogP contribution in [0.3, 0.4) is 0 Å². The number of aliphatic hydroxyl groups is 1. The summed E-state index contributed by atoms with van der Waals surface area (Å²) in [4.78, 5) is 0.0769. The van der Waals surface area contributed by atoms with Crippen LogP contribution in [-0.4, -0.2) is 30.9 Å². The van der Waals surface area contributed by atoms with Gasteiger partial charge in [0.15, 0.2) is 0 Å². The van der Waals surface area contributed by atoms with Crippen molar-refractivity contribution in [3.63, 3.8) is 0 Å². The Kier molecular flexibility index (Phi) is 5.17. The first-order valence-electron chi connectivity index (χ1n) is 5.30. The lowest BCUT2D eigenvalue weighted by molar-refractivity contribution is 0.281. The van der Waals surface area contributed by atoms with Gasteiger partial charge in [0, 0.05) is 11.6 Å². The number of halogens is 1. The first-order valence-corrected chi connectivity index (χ1v) is 7.12. The van der Waals surface area contributed by atoms with Crippen LogP contribution in [0.4, 0.5) is 0 Å². The molecule has 0 heterocycles. The Bertz CT molecular complexity index is 563. The van der Waals surface area contributed by atoms with E-state index >= 15 is 0 Å². The van der Waals surface area contributed by atoms with Gasteiger partial charge in [0.05, 0.1) is 18.0 Å². The SMILES string of the molecule is C#CCN(CC)S(=O)(=O)c1ccc(Cl)c(CO)c1. The molecule has 0 aliphatic rings. The molecule has 0 aromatic heterocycles. The van der Waals surface area contributed by atoms with Crippen LogP contribution in [0.2, 0.25) is 5.02 Å². The average molecular weight is 288 g/mol. The molecule has 4 nitrogen and oxygen atoms in total. The van der Waals surface area contributed by atoms with Crippen LogP contribution in [0.1, 0.15) is 12.5 Å². The standard InChI is InChI=1S/C12H14ClNO3S/c1-3-7-14(4-2)18(16,17)11-5-6-12(13)10(8-11)9-15/h1,5-6,8,15H,4,7,9H2,2H3. The highest BCUT2D eigenvalue weighted by Crippen LogP contribution is 2.22. The largest absolute Gasteiger partial charge is 0.392 e. The summed E-state index contributed by atoms with van der Waals surface area (Å²) in [7, 11) is -3.64. The van der Waals surface area contributed by atoms with Crippen LogP contribution in [0.15, 0.2) is 23.1 Å². The van der Waals surface area contributed by atoms with E-state index in [0.29, 0.717) is 10.6 Å². The van der Waals surface area contributed by atoms with Gasteiger partial charge in [-0.1, -0.05) is 24.4 Å². The summed E-state index contributed by atoms with van der Waals surface area (Å²) < 4.78 is 25.7. The first kappa shape index (κ1) is 15.0. The van der Waals surface area contributed by atoms with E-state index in [9.17, 15) is 8.42 Å². The fraction of sp³-hybridized carbons (Fsp3) is 0.333. The molecule has 0 fully saturated rings. The van der Waals surface area contributed by atoms with Gasteiger partial charge >= 0.3 is 0 Å². The smallest absolute Gasteiger partial charge is 0.243 e. The minimum Gasteiger partial charge on any atom is -0.392 e. The van der Waals surface area contributed by atoms with Gasteiger partial charge in [-0.05, 0) is 23.8 Å². The first-order chi connectivity index (χ1) is 8.47. The zero-order valence-corrected chi connectivity index (χ0v) is 11.5. The van der Waals surface area contributed by atoms with Crippen molar-refractivity contribution >= 4 is 21.6 Å². The molecular formula is C12H14ClNO3S. The van der Waals surface area contributed by atoms with E-state index in [1.54, 1.807) is 6.92 Å². The van der Waals surface area contributed by atoms with E-state index in [-0.39, 0.29) is 24.6 Å². The van der Waals surface area contributed by atoms with Gasteiger partial charge < -0.3 is 5.11 Å². The molecule has 1 aromatic rings. The number of hydrogen-bond donors (Lipinski definition) is 1. The lowest BCUT2D eigenvalue weighted by Gasteiger charge is -2.18. The molecule has 0 amide bonds. The summed E-state index contributed by atoms with van der Waals surface area (Å²) in [5.41, 5.74) is 0.370. The van der Waals surface area contributed by atoms with Gasteiger partial charge in [-0.2, -0.15) is 4.31 Å². The molecule has 0 atom stereocenters. The summed E-state index contributed by atoms with van der Waals surface area (Å²) in [6.07, 6.45) is 5.14. The minimum absolute atomic E-state index is 0.00984. The Morgan fingerprint density at radius 2 is 2.17 bits per heavy atom. The van der Waals surface area contributed by atoms with Crippen molar-refractivity contribution in [3.8, 4) is 12.3 Å². The molecule has 0 saturated heterocycles. The number of terminal acetylenes is 1. The van der Waals surface area contributed by atoms with Crippen molar-refractivity contribution in [1.29, 1.82) is 0 Å². The lowest BCUT2D eigenvalue weighted by atomic mass is 10.2. The van der Waals surface area contributed by atoms with Crippen LogP contribution < -0.4 is 0 Å². The Hall–Kier alpha value is -1.06. The molecule has 0 radical (unpaired) electrons. The molecule has 18 heavy (non-hydrogen) atoms. The van der Waals surface area contributed by atoms with Crippen LogP contribution in [0.5, 0.6) is 0 Å². The topological polar surface area (TPSA) is 57.6 Å². The molecule has 0 spiro atoms. The summed E-state index contributed by atoms with van der Waals surface area (Å²) in [6.45, 7) is 1.68. The molecule has 1 N–H and O–H groups in total. The molecule has 0 saturated carbocycles. The Morgan fingerprint density at radius 1 is 1.50 bits per heavy atom. The third kappa shape index (κ3) is 3.03. The number of sulfonamides is 1. The monoisotopic (exact) mass is 287 g/mol. The van der Waals surface area contributed by atoms with Crippen molar-refractivity contribution < 1.29 is 13.5 Å². The molecular weight excluding hydrogens is 274 g/mol. The van der Waals surface area contributed by atoms with Gasteiger partial charge in [-0.15, -0.1) is 6.42 Å². The van der Waals surface area contributed by atoms with E-state index < -0.39 is 10.0 Å². The lowest BCUT2D eigenvalue weighted by Crippen LogP contribution is -2.31. The van der Waals surface area contributed by atoms with E-state index in [1.807, 2.05) is 0 Å². The maximum absolute atomic E-state index is 12.2. The van der Waals surface area contributed by atoms with Crippen molar-refractivity contribution in [1.82, 2.24) is 4.31 Å². The predicted octanol–water partition coefficient (Wildman–Crippen LogP) is 1.48. The van der Waals surface area contributed by atoms with Crippen LogP contribution in [0, 0.1) is 12.3 Å². The molecule has 1 aromatic carbocycles. The number of benzene rings is 1. The van der Waals surface area contributed by atoms with E-state index in [2.05, 4.69) is 5.92 Å². The van der Waals surface area contributed by atoms with Gasteiger partial charge in [-0.25, -0.2) is 8.42 Å². The summed E-state index contributed by atoms with van der Waals surface area (Å²) >= 11 is 5.82. The van der Waals surface area contributed by atoms with Crippen molar-refractivity contribution in [2.75, 3.05) is 13.1 Å². The number of hydrogen-bond acceptors (Lipinski definition) is 3. The van der Waals surface area contributed by atoms with Gasteiger partial charge in [0.25, 0.3) is 0 Å². The van der Waals surface area contributed by atoms with E-state index in [4.69, 9.17) is 23.1 Å². The summed E-state index contributed by atoms with van der Waals surface area (Å²) in [5.74, 6) is 2.31. The maximum atomic E-state index is 12.2. The van der Waals surface area contributed by atoms with Gasteiger partial charge in [0.2, 0.25) is 10.0 Å². The number of nitrogens with zero attached hydrogens (tertiary/aromatic N) is 1. The maximum Gasteiger partial charge on any atom is 0.243 e. The fourth-order valence-electron chi connectivity index (χ4n) is 1.45. The van der Waals surface area contributed by atoms with Gasteiger partial charge in [-0.3, -0.25) is 0 Å². The fourth-order valence-corrected chi connectivity index (χ4v) is 3.04. The molecule has 0 aliphatic carbocycles. The second kappa shape index (κ2) is 6.21. The third-order valence-corrected chi connectivity index (χ3v) is 4.73. The summed E-state index contributed by atoms with van der Waals surface area (Å²) in [5, 5.41) is 9.41. The molecule has 6 heteroatoms. The number of rotatable bonds is 5. The van der Waals surface area contributed by atoms with E-state index in [1.165, 1.54) is 22.5 Å². The Balaban J connectivity index is 3.24. The van der Waals surface area contributed by atoms with Crippen LogP contribution in [-0.2, 0) is 16.6 Å². The number of aliphatic hydroxyl groups excluding tert-OH is 1. The van der Waals surface area contributed by atoms with E-state index in [0.717, 1.165) is 0 Å². The normalized spacial score (nSPS) is 11.5. The molecule has 98 valence electrons. The predicted molar refractivity (Wildman–Crippen MR) is 70.6 cm³/mol. The zero-order chi connectivity index (χ0) is 13.8. The Morgan fingerprint density at radius 3 is 2.67 bits per heavy atom.